The van der Waals surface area contributed by atoms with Crippen LogP contribution in [0, 0.1) is 6.92 Å². The molecular formula is C13H20N2O2. The maximum atomic E-state index is 11.7. The molecule has 0 aliphatic heterocycles. The highest BCUT2D eigenvalue weighted by molar-refractivity contribution is 5.94. The predicted octanol–water partition coefficient (Wildman–Crippen LogP) is 1.56. The number of aryl methyl sites for hydroxylation is 1. The van der Waals surface area contributed by atoms with Gasteiger partial charge in [-0.2, -0.15) is 0 Å². The van der Waals surface area contributed by atoms with Crippen LogP contribution in [0.1, 0.15) is 35.7 Å². The Kier molecular flexibility index (Phi) is 4.97. The van der Waals surface area contributed by atoms with E-state index >= 15 is 0 Å². The standard InChI is InChI=1S/C13H20N2O2/c1-9-8-11(5-6-12(9)16)13(17)15-7-3-4-10(2)14/h5-6,8,10,16H,3-4,7,14H2,1-2H3,(H,15,17). The first-order valence-corrected chi connectivity index (χ1v) is 5.84. The Morgan fingerprint density at radius 1 is 1.53 bits per heavy atom. The second kappa shape index (κ2) is 6.25. The van der Waals surface area contributed by atoms with Crippen molar-refractivity contribution < 1.29 is 9.90 Å². The van der Waals surface area contributed by atoms with E-state index in [0.717, 1.165) is 12.8 Å². The van der Waals surface area contributed by atoms with Gasteiger partial charge >= 0.3 is 0 Å². The normalized spacial score (nSPS) is 12.2. The summed E-state index contributed by atoms with van der Waals surface area (Å²) in [5.41, 5.74) is 6.89. The second-order valence-electron chi connectivity index (χ2n) is 4.38. The number of hydrogen-bond acceptors (Lipinski definition) is 3. The molecule has 1 atom stereocenters. The molecule has 17 heavy (non-hydrogen) atoms. The number of phenolic OH excluding ortho intramolecular Hbond substituents is 1. The molecule has 0 spiro atoms. The van der Waals surface area contributed by atoms with Crippen LogP contribution in [-0.2, 0) is 0 Å². The summed E-state index contributed by atoms with van der Waals surface area (Å²) in [6.45, 7) is 4.34. The third kappa shape index (κ3) is 4.44. The molecule has 0 bridgehead atoms. The Balaban J connectivity index is 2.44. The minimum Gasteiger partial charge on any atom is -0.508 e. The van der Waals surface area contributed by atoms with Gasteiger partial charge in [-0.1, -0.05) is 0 Å². The Hall–Kier alpha value is -1.55. The number of nitrogens with one attached hydrogen (secondary N) is 1. The summed E-state index contributed by atoms with van der Waals surface area (Å²) in [7, 11) is 0. The first-order valence-electron chi connectivity index (χ1n) is 5.84. The molecule has 1 aromatic carbocycles. The number of benzene rings is 1. The Labute approximate surface area is 102 Å². The quantitative estimate of drug-likeness (QED) is 0.679. The maximum absolute atomic E-state index is 11.7. The SMILES string of the molecule is Cc1cc(C(=O)NCCCC(C)N)ccc1O. The molecule has 0 aliphatic rings. The van der Waals surface area contributed by atoms with Gasteiger partial charge in [-0.05, 0) is 50.5 Å². The lowest BCUT2D eigenvalue weighted by Gasteiger charge is -2.08. The van der Waals surface area contributed by atoms with Crippen LogP contribution >= 0.6 is 0 Å². The van der Waals surface area contributed by atoms with Crippen molar-refractivity contribution in [3.05, 3.63) is 29.3 Å². The molecule has 1 amide bonds. The monoisotopic (exact) mass is 236 g/mol. The van der Waals surface area contributed by atoms with Crippen molar-refractivity contribution in [2.45, 2.75) is 32.7 Å². The van der Waals surface area contributed by atoms with Gasteiger partial charge in [0.05, 0.1) is 0 Å². The van der Waals surface area contributed by atoms with Crippen LogP contribution in [-0.4, -0.2) is 23.6 Å². The fraction of sp³-hybridized carbons (Fsp3) is 0.462. The maximum Gasteiger partial charge on any atom is 0.251 e. The van der Waals surface area contributed by atoms with Crippen molar-refractivity contribution in [1.82, 2.24) is 5.32 Å². The minimum atomic E-state index is -0.113. The lowest BCUT2D eigenvalue weighted by atomic mass is 10.1. The van der Waals surface area contributed by atoms with Crippen LogP contribution in [0.4, 0.5) is 0 Å². The average molecular weight is 236 g/mol. The van der Waals surface area contributed by atoms with E-state index < -0.39 is 0 Å². The van der Waals surface area contributed by atoms with E-state index in [9.17, 15) is 9.90 Å². The molecule has 0 radical (unpaired) electrons. The summed E-state index contributed by atoms with van der Waals surface area (Å²) in [5, 5.41) is 12.2. The molecule has 4 N–H and O–H groups in total. The molecule has 0 fully saturated rings. The molecular weight excluding hydrogens is 216 g/mol. The number of hydrogen-bond donors (Lipinski definition) is 3. The van der Waals surface area contributed by atoms with Crippen molar-refractivity contribution in [2.75, 3.05) is 6.54 Å². The largest absolute Gasteiger partial charge is 0.508 e. The Morgan fingerprint density at radius 3 is 2.82 bits per heavy atom. The summed E-state index contributed by atoms with van der Waals surface area (Å²) in [6.07, 6.45) is 1.77. The zero-order chi connectivity index (χ0) is 12.8. The fourth-order valence-corrected chi connectivity index (χ4v) is 1.52. The minimum absolute atomic E-state index is 0.113. The molecule has 1 unspecified atom stereocenters. The van der Waals surface area contributed by atoms with Gasteiger partial charge in [0.1, 0.15) is 5.75 Å². The van der Waals surface area contributed by atoms with Crippen molar-refractivity contribution in [3.8, 4) is 5.75 Å². The van der Waals surface area contributed by atoms with Crippen LogP contribution in [0.2, 0.25) is 0 Å². The van der Waals surface area contributed by atoms with Gasteiger partial charge in [-0.25, -0.2) is 0 Å². The van der Waals surface area contributed by atoms with Crippen molar-refractivity contribution in [3.63, 3.8) is 0 Å². The molecule has 1 aromatic rings. The van der Waals surface area contributed by atoms with Gasteiger partial charge in [0, 0.05) is 18.2 Å². The van der Waals surface area contributed by atoms with Crippen LogP contribution in [0.25, 0.3) is 0 Å². The predicted molar refractivity (Wildman–Crippen MR) is 68.1 cm³/mol. The number of aromatic hydroxyl groups is 1. The average Bonchev–Trinajstić information content (AvgIpc) is 2.27. The molecule has 1 rings (SSSR count). The molecule has 94 valence electrons. The lowest BCUT2D eigenvalue weighted by Crippen LogP contribution is -2.26. The number of amides is 1. The van der Waals surface area contributed by atoms with E-state index in [1.165, 1.54) is 6.07 Å². The molecule has 4 heteroatoms. The van der Waals surface area contributed by atoms with E-state index in [-0.39, 0.29) is 17.7 Å². The van der Waals surface area contributed by atoms with Crippen LogP contribution < -0.4 is 11.1 Å². The molecule has 0 aromatic heterocycles. The summed E-state index contributed by atoms with van der Waals surface area (Å²) >= 11 is 0. The van der Waals surface area contributed by atoms with Crippen LogP contribution in [0.5, 0.6) is 5.75 Å². The van der Waals surface area contributed by atoms with E-state index in [0.29, 0.717) is 17.7 Å². The molecule has 0 saturated heterocycles. The van der Waals surface area contributed by atoms with Gasteiger partial charge in [-0.3, -0.25) is 4.79 Å². The Bertz CT molecular complexity index is 389. The summed E-state index contributed by atoms with van der Waals surface area (Å²) in [6, 6.07) is 4.99. The van der Waals surface area contributed by atoms with E-state index in [1.807, 2.05) is 6.92 Å². The van der Waals surface area contributed by atoms with E-state index in [4.69, 9.17) is 5.73 Å². The smallest absolute Gasteiger partial charge is 0.251 e. The second-order valence-corrected chi connectivity index (χ2v) is 4.38. The van der Waals surface area contributed by atoms with Crippen molar-refractivity contribution >= 4 is 5.91 Å². The zero-order valence-corrected chi connectivity index (χ0v) is 10.4. The molecule has 4 nitrogen and oxygen atoms in total. The van der Waals surface area contributed by atoms with Gasteiger partial charge < -0.3 is 16.2 Å². The summed E-state index contributed by atoms with van der Waals surface area (Å²) in [5.74, 6) is 0.0938. The summed E-state index contributed by atoms with van der Waals surface area (Å²) < 4.78 is 0. The number of carbonyl (C=O) groups is 1. The van der Waals surface area contributed by atoms with Crippen LogP contribution in [0.15, 0.2) is 18.2 Å². The molecule has 0 saturated carbocycles. The van der Waals surface area contributed by atoms with Gasteiger partial charge in [0.25, 0.3) is 5.91 Å². The highest BCUT2D eigenvalue weighted by Gasteiger charge is 2.06. The number of rotatable bonds is 5. The topological polar surface area (TPSA) is 75.4 Å². The van der Waals surface area contributed by atoms with Gasteiger partial charge in [0.2, 0.25) is 0 Å². The lowest BCUT2D eigenvalue weighted by molar-refractivity contribution is 0.0952. The summed E-state index contributed by atoms with van der Waals surface area (Å²) in [4.78, 5) is 11.7. The third-order valence-electron chi connectivity index (χ3n) is 2.58. The van der Waals surface area contributed by atoms with E-state index in [1.54, 1.807) is 19.1 Å². The van der Waals surface area contributed by atoms with Crippen molar-refractivity contribution in [1.29, 1.82) is 0 Å². The highest BCUT2D eigenvalue weighted by atomic mass is 16.3. The highest BCUT2D eigenvalue weighted by Crippen LogP contribution is 2.16. The van der Waals surface area contributed by atoms with E-state index in [2.05, 4.69) is 5.32 Å². The Morgan fingerprint density at radius 2 is 2.24 bits per heavy atom. The van der Waals surface area contributed by atoms with Crippen LogP contribution in [0.3, 0.4) is 0 Å². The number of nitrogens with two attached hydrogens (primary N) is 1. The van der Waals surface area contributed by atoms with Gasteiger partial charge in [0.15, 0.2) is 0 Å². The fourth-order valence-electron chi connectivity index (χ4n) is 1.52. The molecule has 0 aliphatic carbocycles. The first kappa shape index (κ1) is 13.5. The van der Waals surface area contributed by atoms with Crippen molar-refractivity contribution in [2.24, 2.45) is 5.73 Å². The number of carbonyl (C=O) groups excluding carboxylic acids is 1. The zero-order valence-electron chi connectivity index (χ0n) is 10.4. The molecule has 0 heterocycles. The third-order valence-corrected chi connectivity index (χ3v) is 2.58. The van der Waals surface area contributed by atoms with Gasteiger partial charge in [-0.15, -0.1) is 0 Å². The number of phenols is 1. The first-order chi connectivity index (χ1) is 8.00.